The molecule has 14 heavy (non-hydrogen) atoms. The Morgan fingerprint density at radius 2 is 2.29 bits per heavy atom. The van der Waals surface area contributed by atoms with E-state index >= 15 is 0 Å². The smallest absolute Gasteiger partial charge is 0.240 e. The van der Waals surface area contributed by atoms with E-state index in [2.05, 4.69) is 9.98 Å². The van der Waals surface area contributed by atoms with Gasteiger partial charge in [-0.25, -0.2) is 4.79 Å². The summed E-state index contributed by atoms with van der Waals surface area (Å²) in [5, 5.41) is 1.05. The SMILES string of the molecule is Cc1cc2cccnc2cc1N=C=O. The maximum atomic E-state index is 10.2. The second-order valence-electron chi connectivity index (χ2n) is 3.04. The monoisotopic (exact) mass is 184 g/mol. The highest BCUT2D eigenvalue weighted by Gasteiger charge is 2.00. The van der Waals surface area contributed by atoms with Crippen molar-refractivity contribution in [3.8, 4) is 0 Å². The van der Waals surface area contributed by atoms with Crippen LogP contribution in [0.2, 0.25) is 0 Å². The van der Waals surface area contributed by atoms with Gasteiger partial charge in [0.05, 0.1) is 11.2 Å². The Kier molecular flexibility index (Phi) is 2.09. The van der Waals surface area contributed by atoms with Gasteiger partial charge in [0.15, 0.2) is 0 Å². The van der Waals surface area contributed by atoms with Crippen molar-refractivity contribution < 1.29 is 4.79 Å². The minimum absolute atomic E-state index is 0.631. The number of hydrogen-bond donors (Lipinski definition) is 0. The Hall–Kier alpha value is -1.99. The topological polar surface area (TPSA) is 42.3 Å². The molecule has 0 spiro atoms. The summed E-state index contributed by atoms with van der Waals surface area (Å²) in [6.07, 6.45) is 3.25. The van der Waals surface area contributed by atoms with Crippen molar-refractivity contribution in [3.63, 3.8) is 0 Å². The van der Waals surface area contributed by atoms with Gasteiger partial charge in [0, 0.05) is 11.6 Å². The molecule has 0 amide bonds. The molecule has 3 heteroatoms. The molecule has 0 unspecified atom stereocenters. The third kappa shape index (κ3) is 1.41. The number of isocyanates is 1. The summed E-state index contributed by atoms with van der Waals surface area (Å²) in [7, 11) is 0. The minimum atomic E-state index is 0.631. The molecule has 2 aromatic rings. The fraction of sp³-hybridized carbons (Fsp3) is 0.0909. The lowest BCUT2D eigenvalue weighted by atomic mass is 10.1. The summed E-state index contributed by atoms with van der Waals surface area (Å²) in [4.78, 5) is 17.9. The first-order chi connectivity index (χ1) is 6.81. The third-order valence-electron chi connectivity index (χ3n) is 2.09. The minimum Gasteiger partial charge on any atom is -0.256 e. The van der Waals surface area contributed by atoms with Gasteiger partial charge in [0.2, 0.25) is 6.08 Å². The van der Waals surface area contributed by atoms with Gasteiger partial charge in [-0.05, 0) is 30.7 Å². The molecule has 0 aliphatic carbocycles. The van der Waals surface area contributed by atoms with Crippen LogP contribution in [-0.4, -0.2) is 11.1 Å². The molecule has 68 valence electrons. The Labute approximate surface area is 81.1 Å². The Bertz CT molecular complexity index is 528. The fourth-order valence-corrected chi connectivity index (χ4v) is 1.39. The molecule has 0 N–H and O–H groups in total. The summed E-state index contributed by atoms with van der Waals surface area (Å²) in [6.45, 7) is 1.91. The number of pyridine rings is 1. The van der Waals surface area contributed by atoms with Crippen LogP contribution in [0.1, 0.15) is 5.56 Å². The highest BCUT2D eigenvalue weighted by molar-refractivity contribution is 5.83. The second-order valence-corrected chi connectivity index (χ2v) is 3.04. The number of benzene rings is 1. The van der Waals surface area contributed by atoms with Gasteiger partial charge in [-0.2, -0.15) is 4.99 Å². The van der Waals surface area contributed by atoms with E-state index in [1.165, 1.54) is 6.08 Å². The number of aromatic nitrogens is 1. The van der Waals surface area contributed by atoms with Crippen molar-refractivity contribution in [2.75, 3.05) is 0 Å². The maximum absolute atomic E-state index is 10.2. The second kappa shape index (κ2) is 3.40. The van der Waals surface area contributed by atoms with Crippen LogP contribution in [0, 0.1) is 6.92 Å². The van der Waals surface area contributed by atoms with Crippen LogP contribution in [0.15, 0.2) is 35.5 Å². The number of aryl methyl sites for hydroxylation is 1. The normalized spacial score (nSPS) is 9.79. The molecule has 1 aromatic carbocycles. The van der Waals surface area contributed by atoms with E-state index in [1.54, 1.807) is 12.3 Å². The van der Waals surface area contributed by atoms with E-state index in [4.69, 9.17) is 0 Å². The van der Waals surface area contributed by atoms with E-state index in [0.29, 0.717) is 5.69 Å². The average molecular weight is 184 g/mol. The summed E-state index contributed by atoms with van der Waals surface area (Å²) >= 11 is 0. The van der Waals surface area contributed by atoms with Crippen LogP contribution >= 0.6 is 0 Å². The van der Waals surface area contributed by atoms with E-state index in [-0.39, 0.29) is 0 Å². The van der Waals surface area contributed by atoms with E-state index in [0.717, 1.165) is 16.5 Å². The molecular weight excluding hydrogens is 176 g/mol. The molecule has 0 atom stereocenters. The summed E-state index contributed by atoms with van der Waals surface area (Å²) < 4.78 is 0. The van der Waals surface area contributed by atoms with Gasteiger partial charge in [0.1, 0.15) is 0 Å². The first-order valence-corrected chi connectivity index (χ1v) is 4.24. The van der Waals surface area contributed by atoms with Gasteiger partial charge in [0.25, 0.3) is 0 Å². The van der Waals surface area contributed by atoms with Crippen molar-refractivity contribution in [2.24, 2.45) is 4.99 Å². The lowest BCUT2D eigenvalue weighted by Crippen LogP contribution is -1.80. The zero-order valence-corrected chi connectivity index (χ0v) is 7.69. The standard InChI is InChI=1S/C11H8N2O/c1-8-5-9-3-2-4-12-11(9)6-10(8)13-7-14/h2-6H,1H3. The molecule has 1 heterocycles. The first kappa shape index (κ1) is 8.60. The highest BCUT2D eigenvalue weighted by Crippen LogP contribution is 2.23. The van der Waals surface area contributed by atoms with Crippen molar-refractivity contribution in [1.29, 1.82) is 0 Å². The van der Waals surface area contributed by atoms with Crippen LogP contribution in [0.4, 0.5) is 5.69 Å². The summed E-state index contributed by atoms with van der Waals surface area (Å²) in [5.41, 5.74) is 2.42. The van der Waals surface area contributed by atoms with Gasteiger partial charge in [-0.15, -0.1) is 0 Å². The number of fused-ring (bicyclic) bond motifs is 1. The molecule has 0 fully saturated rings. The predicted molar refractivity (Wildman–Crippen MR) is 54.3 cm³/mol. The Morgan fingerprint density at radius 3 is 3.07 bits per heavy atom. The van der Waals surface area contributed by atoms with Crippen LogP contribution in [0.5, 0.6) is 0 Å². The lowest BCUT2D eigenvalue weighted by molar-refractivity contribution is 0.565. The van der Waals surface area contributed by atoms with Crippen molar-refractivity contribution in [2.45, 2.75) is 6.92 Å². The summed E-state index contributed by atoms with van der Waals surface area (Å²) in [5.74, 6) is 0. The van der Waals surface area contributed by atoms with E-state index in [1.807, 2.05) is 25.1 Å². The molecule has 0 saturated heterocycles. The zero-order chi connectivity index (χ0) is 9.97. The summed E-state index contributed by atoms with van der Waals surface area (Å²) in [6, 6.07) is 7.60. The van der Waals surface area contributed by atoms with Crippen molar-refractivity contribution in [1.82, 2.24) is 4.98 Å². The van der Waals surface area contributed by atoms with Crippen molar-refractivity contribution >= 4 is 22.7 Å². The Morgan fingerprint density at radius 1 is 1.43 bits per heavy atom. The lowest BCUT2D eigenvalue weighted by Gasteiger charge is -2.00. The number of rotatable bonds is 1. The molecule has 0 saturated carbocycles. The molecule has 0 aliphatic heterocycles. The number of aliphatic imine (C=N–C) groups is 1. The third-order valence-corrected chi connectivity index (χ3v) is 2.09. The van der Waals surface area contributed by atoms with Crippen LogP contribution in [-0.2, 0) is 4.79 Å². The molecular formula is C11H8N2O. The van der Waals surface area contributed by atoms with Gasteiger partial charge in [-0.1, -0.05) is 6.07 Å². The molecule has 0 radical (unpaired) electrons. The highest BCUT2D eigenvalue weighted by atomic mass is 16.1. The van der Waals surface area contributed by atoms with Crippen LogP contribution in [0.25, 0.3) is 10.9 Å². The largest absolute Gasteiger partial charge is 0.256 e. The molecule has 0 aliphatic rings. The van der Waals surface area contributed by atoms with Gasteiger partial charge >= 0.3 is 0 Å². The Balaban J connectivity index is 2.76. The zero-order valence-electron chi connectivity index (χ0n) is 7.69. The quantitative estimate of drug-likeness (QED) is 0.504. The van der Waals surface area contributed by atoms with Crippen LogP contribution < -0.4 is 0 Å². The van der Waals surface area contributed by atoms with Crippen LogP contribution in [0.3, 0.4) is 0 Å². The van der Waals surface area contributed by atoms with E-state index < -0.39 is 0 Å². The van der Waals surface area contributed by atoms with Gasteiger partial charge < -0.3 is 0 Å². The number of hydrogen-bond acceptors (Lipinski definition) is 3. The number of nitrogens with zero attached hydrogens (tertiary/aromatic N) is 2. The molecule has 1 aromatic heterocycles. The molecule has 0 bridgehead atoms. The van der Waals surface area contributed by atoms with Crippen molar-refractivity contribution in [3.05, 3.63) is 36.0 Å². The number of carbonyl (C=O) groups excluding carboxylic acids is 1. The first-order valence-electron chi connectivity index (χ1n) is 4.24. The molecule has 3 nitrogen and oxygen atoms in total. The predicted octanol–water partition coefficient (Wildman–Crippen LogP) is 2.51. The fourth-order valence-electron chi connectivity index (χ4n) is 1.39. The average Bonchev–Trinajstić information content (AvgIpc) is 2.19. The molecule has 2 rings (SSSR count). The van der Waals surface area contributed by atoms with Gasteiger partial charge in [-0.3, -0.25) is 4.98 Å². The maximum Gasteiger partial charge on any atom is 0.240 e. The van der Waals surface area contributed by atoms with E-state index in [9.17, 15) is 4.79 Å².